The summed E-state index contributed by atoms with van der Waals surface area (Å²) in [6, 6.07) is 15.4. The number of ether oxygens (including phenoxy) is 1. The topological polar surface area (TPSA) is 168 Å². The summed E-state index contributed by atoms with van der Waals surface area (Å²) in [6.45, 7) is -0.0969. The number of aliphatic carboxylic acids is 2. The summed E-state index contributed by atoms with van der Waals surface area (Å²) in [7, 11) is 0. The molecule has 0 radical (unpaired) electrons. The van der Waals surface area contributed by atoms with Gasteiger partial charge in [-0.1, -0.05) is 12.1 Å². The number of ketones is 1. The largest absolute Gasteiger partial charge is 0.485 e. The third-order valence-electron chi connectivity index (χ3n) is 3.47. The van der Waals surface area contributed by atoms with E-state index in [0.29, 0.717) is 23.3 Å². The maximum absolute atomic E-state index is 12.0. The molecule has 29 heavy (non-hydrogen) atoms. The van der Waals surface area contributed by atoms with E-state index >= 15 is 0 Å². The van der Waals surface area contributed by atoms with E-state index in [9.17, 15) is 19.2 Å². The fourth-order valence-corrected chi connectivity index (χ4v) is 1.97. The molecule has 0 aliphatic heterocycles. The van der Waals surface area contributed by atoms with Crippen LogP contribution in [0.1, 0.15) is 27.9 Å². The standard InChI is InChI=1S/C18H15NO4.C2H3NO3/c19-11-14-1-6-15(7-2-14)17(20)12-23-16-8-3-13(4-9-16)5-10-18(21)22;3-1(4)2(5)6/h1-4,6-9H,5,10,12H2,(H,21,22);(H2,3,4)(H,5,6). The molecule has 2 aromatic rings. The summed E-state index contributed by atoms with van der Waals surface area (Å²) >= 11 is 0. The molecule has 9 nitrogen and oxygen atoms in total. The van der Waals surface area contributed by atoms with Gasteiger partial charge in [0.05, 0.1) is 11.6 Å². The highest BCUT2D eigenvalue weighted by Gasteiger charge is 2.07. The number of carbonyl (C=O) groups excluding carboxylic acids is 2. The van der Waals surface area contributed by atoms with Crippen molar-refractivity contribution in [3.8, 4) is 11.8 Å². The Kier molecular flexibility index (Phi) is 9.07. The molecule has 0 atom stereocenters. The van der Waals surface area contributed by atoms with Crippen molar-refractivity contribution in [2.45, 2.75) is 12.8 Å². The van der Waals surface area contributed by atoms with Crippen LogP contribution in [0.3, 0.4) is 0 Å². The highest BCUT2D eigenvalue weighted by molar-refractivity contribution is 6.30. The van der Waals surface area contributed by atoms with Crippen LogP contribution in [0.25, 0.3) is 0 Å². The van der Waals surface area contributed by atoms with Crippen molar-refractivity contribution in [3.63, 3.8) is 0 Å². The van der Waals surface area contributed by atoms with Gasteiger partial charge in [0.1, 0.15) is 5.75 Å². The fourth-order valence-electron chi connectivity index (χ4n) is 1.97. The van der Waals surface area contributed by atoms with Crippen molar-refractivity contribution in [1.29, 1.82) is 5.26 Å². The zero-order valence-electron chi connectivity index (χ0n) is 15.2. The van der Waals surface area contributed by atoms with E-state index < -0.39 is 17.8 Å². The van der Waals surface area contributed by atoms with Gasteiger partial charge in [-0.2, -0.15) is 5.26 Å². The van der Waals surface area contributed by atoms with Gasteiger partial charge in [0, 0.05) is 12.0 Å². The monoisotopic (exact) mass is 398 g/mol. The quantitative estimate of drug-likeness (QED) is 0.464. The maximum atomic E-state index is 12.0. The van der Waals surface area contributed by atoms with Crippen molar-refractivity contribution >= 4 is 23.6 Å². The lowest BCUT2D eigenvalue weighted by Crippen LogP contribution is -2.21. The summed E-state index contributed by atoms with van der Waals surface area (Å²) in [5.74, 6) is -3.39. The zero-order chi connectivity index (χ0) is 21.8. The van der Waals surface area contributed by atoms with Gasteiger partial charge >= 0.3 is 17.8 Å². The molecule has 0 saturated carbocycles. The molecule has 0 unspecified atom stereocenters. The van der Waals surface area contributed by atoms with Crippen LogP contribution in [-0.2, 0) is 20.8 Å². The summed E-state index contributed by atoms with van der Waals surface area (Å²) in [5, 5.41) is 24.9. The molecule has 2 aromatic carbocycles. The number of hydrogen-bond acceptors (Lipinski definition) is 6. The summed E-state index contributed by atoms with van der Waals surface area (Å²) in [6.07, 6.45) is 0.539. The first-order chi connectivity index (χ1) is 13.7. The minimum absolute atomic E-state index is 0.0807. The van der Waals surface area contributed by atoms with E-state index in [4.69, 9.17) is 20.2 Å². The predicted octanol–water partition coefficient (Wildman–Crippen LogP) is 1.39. The number of rotatable bonds is 7. The first-order valence-corrected chi connectivity index (χ1v) is 8.22. The van der Waals surface area contributed by atoms with Gasteiger partial charge in [-0.15, -0.1) is 0 Å². The summed E-state index contributed by atoms with van der Waals surface area (Å²) < 4.78 is 5.43. The molecule has 0 saturated heterocycles. The molecule has 0 aliphatic rings. The van der Waals surface area contributed by atoms with Crippen LogP contribution < -0.4 is 10.5 Å². The number of benzene rings is 2. The Morgan fingerprint density at radius 1 is 0.966 bits per heavy atom. The third kappa shape index (κ3) is 8.83. The average Bonchev–Trinajstić information content (AvgIpc) is 2.71. The lowest BCUT2D eigenvalue weighted by atomic mass is 10.1. The number of Topliss-reactive ketones (excluding diaryl/α,β-unsaturated/α-hetero) is 1. The minimum Gasteiger partial charge on any atom is -0.485 e. The van der Waals surface area contributed by atoms with Crippen LogP contribution in [0.15, 0.2) is 48.5 Å². The molecule has 0 aromatic heterocycles. The molecular formula is C20H18N2O7. The van der Waals surface area contributed by atoms with Crippen LogP contribution >= 0.6 is 0 Å². The molecule has 0 aliphatic carbocycles. The second-order valence-corrected chi connectivity index (χ2v) is 5.61. The van der Waals surface area contributed by atoms with E-state index in [1.807, 2.05) is 6.07 Å². The Hall–Kier alpha value is -4.19. The smallest absolute Gasteiger partial charge is 0.394 e. The van der Waals surface area contributed by atoms with Crippen LogP contribution in [0.2, 0.25) is 0 Å². The molecule has 0 fully saturated rings. The number of amides is 1. The predicted molar refractivity (Wildman–Crippen MR) is 100 cm³/mol. The second kappa shape index (κ2) is 11.5. The van der Waals surface area contributed by atoms with Gasteiger partial charge in [-0.25, -0.2) is 4.79 Å². The van der Waals surface area contributed by atoms with Gasteiger partial charge in [0.25, 0.3) is 0 Å². The Morgan fingerprint density at radius 2 is 1.52 bits per heavy atom. The van der Waals surface area contributed by atoms with E-state index in [-0.39, 0.29) is 18.8 Å². The van der Waals surface area contributed by atoms with Gasteiger partial charge < -0.3 is 20.7 Å². The number of aryl methyl sites for hydroxylation is 1. The van der Waals surface area contributed by atoms with Crippen molar-refractivity contribution < 1.29 is 34.1 Å². The maximum Gasteiger partial charge on any atom is 0.394 e. The van der Waals surface area contributed by atoms with Gasteiger partial charge in [0.15, 0.2) is 12.4 Å². The molecule has 1 amide bonds. The molecule has 2 rings (SSSR count). The zero-order valence-corrected chi connectivity index (χ0v) is 15.2. The van der Waals surface area contributed by atoms with Crippen LogP contribution in [0, 0.1) is 11.3 Å². The van der Waals surface area contributed by atoms with Crippen LogP contribution in [0.4, 0.5) is 0 Å². The lowest BCUT2D eigenvalue weighted by molar-refractivity contribution is -0.148. The summed E-state index contributed by atoms with van der Waals surface area (Å²) in [5.41, 5.74) is 6.09. The summed E-state index contributed by atoms with van der Waals surface area (Å²) in [4.78, 5) is 41.0. The highest BCUT2D eigenvalue weighted by atomic mass is 16.5. The number of nitrogens with zero attached hydrogens (tertiary/aromatic N) is 1. The van der Waals surface area contributed by atoms with E-state index in [2.05, 4.69) is 5.73 Å². The lowest BCUT2D eigenvalue weighted by Gasteiger charge is -2.06. The number of carbonyl (C=O) groups is 4. The number of hydrogen-bond donors (Lipinski definition) is 3. The molecule has 0 bridgehead atoms. The number of carboxylic acid groups (broad SMARTS) is 2. The number of carboxylic acids is 2. The van der Waals surface area contributed by atoms with Crippen LogP contribution in [0.5, 0.6) is 5.75 Å². The van der Waals surface area contributed by atoms with Gasteiger partial charge in [-0.05, 0) is 48.4 Å². The minimum atomic E-state index is -1.60. The first-order valence-electron chi connectivity index (χ1n) is 8.22. The Bertz CT molecular complexity index is 901. The van der Waals surface area contributed by atoms with Crippen molar-refractivity contribution in [1.82, 2.24) is 0 Å². The average molecular weight is 398 g/mol. The highest BCUT2D eigenvalue weighted by Crippen LogP contribution is 2.14. The molecule has 0 spiro atoms. The Balaban J connectivity index is 0.000000612. The molecule has 9 heteroatoms. The SMILES string of the molecule is N#Cc1ccc(C(=O)COc2ccc(CCC(=O)O)cc2)cc1.NC(=O)C(=O)O. The molecular weight excluding hydrogens is 380 g/mol. The number of nitriles is 1. The van der Waals surface area contributed by atoms with E-state index in [0.717, 1.165) is 5.56 Å². The first kappa shape index (κ1) is 22.9. The van der Waals surface area contributed by atoms with Crippen molar-refractivity contribution in [2.75, 3.05) is 6.61 Å². The van der Waals surface area contributed by atoms with Crippen molar-refractivity contribution in [3.05, 3.63) is 65.2 Å². The van der Waals surface area contributed by atoms with Crippen LogP contribution in [-0.4, -0.2) is 40.4 Å². The number of primary amides is 1. The van der Waals surface area contributed by atoms with Gasteiger partial charge in [0.2, 0.25) is 0 Å². The Labute approximate surface area is 165 Å². The third-order valence-corrected chi connectivity index (χ3v) is 3.47. The molecule has 0 heterocycles. The molecule has 4 N–H and O–H groups in total. The van der Waals surface area contributed by atoms with E-state index in [1.54, 1.807) is 48.5 Å². The normalized spacial score (nSPS) is 9.34. The van der Waals surface area contributed by atoms with E-state index in [1.165, 1.54) is 0 Å². The second-order valence-electron chi connectivity index (χ2n) is 5.61. The molecule has 150 valence electrons. The van der Waals surface area contributed by atoms with Gasteiger partial charge in [-0.3, -0.25) is 14.4 Å². The fraction of sp³-hybridized carbons (Fsp3) is 0.150. The number of nitrogens with two attached hydrogens (primary N) is 1. The van der Waals surface area contributed by atoms with Crippen molar-refractivity contribution in [2.24, 2.45) is 5.73 Å². The Morgan fingerprint density at radius 3 is 1.97 bits per heavy atom.